The lowest BCUT2D eigenvalue weighted by Crippen LogP contribution is -2.68. The fourth-order valence-electron chi connectivity index (χ4n) is 2.70. The molecule has 0 spiro atoms. The lowest BCUT2D eigenvalue weighted by molar-refractivity contribution is -0.148. The minimum absolute atomic E-state index is 0.0367. The average molecular weight is 363 g/mol. The Labute approximate surface area is 148 Å². The van der Waals surface area contributed by atoms with Gasteiger partial charge >= 0.3 is 5.97 Å². The molecule has 2 heterocycles. The number of hydrogen-bond donors (Lipinski definition) is 3. The topological polar surface area (TPSA) is 122 Å². The number of carboxylic acids is 1. The summed E-state index contributed by atoms with van der Waals surface area (Å²) in [4.78, 5) is 35.7. The normalized spacial score (nSPS) is 22.2. The van der Waals surface area contributed by atoms with Crippen LogP contribution in [0.5, 0.6) is 5.75 Å². The van der Waals surface area contributed by atoms with Crippen LogP contribution in [0, 0.1) is 0 Å². The van der Waals surface area contributed by atoms with E-state index >= 15 is 0 Å². The van der Waals surface area contributed by atoms with E-state index in [4.69, 9.17) is 10.5 Å². The van der Waals surface area contributed by atoms with Crippen LogP contribution in [0.4, 0.5) is 5.69 Å². The van der Waals surface area contributed by atoms with Crippen molar-refractivity contribution >= 4 is 35.2 Å². The molecule has 0 aliphatic carbocycles. The van der Waals surface area contributed by atoms with Gasteiger partial charge in [-0.15, -0.1) is 11.8 Å². The number of carboxylic acid groups (broad SMARTS) is 1. The molecule has 1 saturated heterocycles. The summed E-state index contributed by atoms with van der Waals surface area (Å²) >= 11 is 1.43. The highest BCUT2D eigenvalue weighted by Gasteiger charge is 2.51. The number of carbonyl (C=O) groups excluding carboxylic acids is 2. The predicted molar refractivity (Wildman–Crippen MR) is 92.0 cm³/mol. The van der Waals surface area contributed by atoms with Gasteiger partial charge in [0.05, 0.1) is 0 Å². The molecule has 2 amide bonds. The molecule has 8 nitrogen and oxygen atoms in total. The summed E-state index contributed by atoms with van der Waals surface area (Å²) in [5.41, 5.74) is 6.84. The van der Waals surface area contributed by atoms with Crippen LogP contribution in [0.3, 0.4) is 0 Å². The summed E-state index contributed by atoms with van der Waals surface area (Å²) in [6.07, 6.45) is 0. The lowest BCUT2D eigenvalue weighted by Gasteiger charge is -2.47. The van der Waals surface area contributed by atoms with E-state index in [9.17, 15) is 19.5 Å². The molecule has 0 saturated carbocycles. The highest BCUT2D eigenvalue weighted by Crippen LogP contribution is 2.39. The number of benzene rings is 1. The van der Waals surface area contributed by atoms with Crippen molar-refractivity contribution in [2.75, 3.05) is 17.7 Å². The van der Waals surface area contributed by atoms with E-state index in [0.29, 0.717) is 22.8 Å². The van der Waals surface area contributed by atoms with Crippen molar-refractivity contribution in [2.45, 2.75) is 18.3 Å². The number of β-lactam (4-membered cyclic amide) rings is 1. The number of anilines is 1. The number of aliphatic carboxylic acids is 1. The van der Waals surface area contributed by atoms with Gasteiger partial charge in [-0.2, -0.15) is 0 Å². The van der Waals surface area contributed by atoms with Crippen LogP contribution < -0.4 is 15.8 Å². The molecular weight excluding hydrogens is 346 g/mol. The van der Waals surface area contributed by atoms with Gasteiger partial charge in [0.1, 0.15) is 29.5 Å². The molecule has 2 aliphatic rings. The van der Waals surface area contributed by atoms with Gasteiger partial charge < -0.3 is 20.9 Å². The van der Waals surface area contributed by atoms with E-state index in [-0.39, 0.29) is 29.5 Å². The molecule has 1 aromatic carbocycles. The molecule has 2 aliphatic heterocycles. The highest BCUT2D eigenvalue weighted by molar-refractivity contribution is 8.00. The van der Waals surface area contributed by atoms with Crippen LogP contribution in [0.15, 0.2) is 35.5 Å². The molecular formula is C16H17N3O5S. The van der Waals surface area contributed by atoms with E-state index in [1.807, 2.05) is 0 Å². The molecule has 1 aromatic rings. The summed E-state index contributed by atoms with van der Waals surface area (Å²) in [6.45, 7) is 1.47. The number of nitrogens with one attached hydrogen (secondary N) is 1. The fraction of sp³-hybridized carbons (Fsp3) is 0.312. The average Bonchev–Trinajstić information content (AvgIpc) is 2.59. The number of thioether (sulfide) groups is 1. The maximum absolute atomic E-state index is 11.9. The van der Waals surface area contributed by atoms with E-state index in [0.717, 1.165) is 0 Å². The molecule has 0 aromatic heterocycles. The first-order valence-corrected chi connectivity index (χ1v) is 8.59. The van der Waals surface area contributed by atoms with Crippen molar-refractivity contribution in [3.63, 3.8) is 0 Å². The van der Waals surface area contributed by atoms with Crippen molar-refractivity contribution in [3.05, 3.63) is 35.5 Å². The Hall–Kier alpha value is -2.52. The van der Waals surface area contributed by atoms with E-state index in [1.165, 1.54) is 23.6 Å². The zero-order valence-corrected chi connectivity index (χ0v) is 14.2. The molecule has 3 rings (SSSR count). The second-order valence-corrected chi connectivity index (χ2v) is 6.79. The van der Waals surface area contributed by atoms with Crippen LogP contribution in [-0.2, 0) is 14.4 Å². The Balaban J connectivity index is 1.72. The number of nitrogens with two attached hydrogens (primary N) is 1. The summed E-state index contributed by atoms with van der Waals surface area (Å²) in [7, 11) is 0. The van der Waals surface area contributed by atoms with Crippen LogP contribution >= 0.6 is 11.8 Å². The maximum atomic E-state index is 11.9. The number of rotatable bonds is 5. The Bertz CT molecular complexity index is 762. The number of ether oxygens (including phenoxy) is 1. The van der Waals surface area contributed by atoms with Gasteiger partial charge in [-0.1, -0.05) is 0 Å². The minimum atomic E-state index is -1.16. The molecule has 0 bridgehead atoms. The number of hydrogen-bond acceptors (Lipinski definition) is 6. The zero-order chi connectivity index (χ0) is 18.1. The van der Waals surface area contributed by atoms with E-state index in [1.54, 1.807) is 24.3 Å². The van der Waals surface area contributed by atoms with Gasteiger partial charge in [0.25, 0.3) is 0 Å². The molecule has 1 unspecified atom stereocenters. The van der Waals surface area contributed by atoms with Gasteiger partial charge in [-0.05, 0) is 24.3 Å². The molecule has 9 heteroatoms. The third-order valence-corrected chi connectivity index (χ3v) is 5.24. The summed E-state index contributed by atoms with van der Waals surface area (Å²) in [6, 6.07) is 6.08. The van der Waals surface area contributed by atoms with Crippen molar-refractivity contribution in [2.24, 2.45) is 5.73 Å². The van der Waals surface area contributed by atoms with E-state index < -0.39 is 12.0 Å². The SMILES string of the molecule is CC(=O)Nc1ccc(OCC2=C(C(=O)O)N3C(=O)C(N)[C@@H]3SC2)cc1. The number of fused-ring (bicyclic) bond motifs is 1. The Kier molecular flexibility index (Phi) is 4.69. The molecule has 4 N–H and O–H groups in total. The van der Waals surface area contributed by atoms with Gasteiger partial charge in [0.2, 0.25) is 11.8 Å². The van der Waals surface area contributed by atoms with Gasteiger partial charge in [0.15, 0.2) is 0 Å². The monoisotopic (exact) mass is 363 g/mol. The summed E-state index contributed by atoms with van der Waals surface area (Å²) in [5, 5.41) is 11.8. The minimum Gasteiger partial charge on any atom is -0.489 e. The third kappa shape index (κ3) is 3.33. The summed E-state index contributed by atoms with van der Waals surface area (Å²) < 4.78 is 5.64. The van der Waals surface area contributed by atoms with Crippen molar-refractivity contribution in [1.29, 1.82) is 0 Å². The molecule has 1 fully saturated rings. The smallest absolute Gasteiger partial charge is 0.352 e. The number of amides is 2. The first kappa shape index (κ1) is 17.3. The second-order valence-electron chi connectivity index (χ2n) is 5.69. The number of nitrogens with zero attached hydrogens (tertiary/aromatic N) is 1. The van der Waals surface area contributed by atoms with E-state index in [2.05, 4.69) is 5.32 Å². The molecule has 132 valence electrons. The van der Waals surface area contributed by atoms with Gasteiger partial charge in [0, 0.05) is 23.9 Å². The third-order valence-electron chi connectivity index (χ3n) is 3.88. The Morgan fingerprint density at radius 1 is 1.40 bits per heavy atom. The largest absolute Gasteiger partial charge is 0.489 e. The van der Waals surface area contributed by atoms with Crippen molar-refractivity contribution < 1.29 is 24.2 Å². The van der Waals surface area contributed by atoms with Crippen LogP contribution in [0.2, 0.25) is 0 Å². The van der Waals surface area contributed by atoms with Gasteiger partial charge in [-0.25, -0.2) is 4.79 Å². The fourth-order valence-corrected chi connectivity index (χ4v) is 3.97. The standard InChI is InChI=1S/C16H17N3O5S/c1-8(20)18-10-2-4-11(5-3-10)24-6-9-7-25-15-12(17)14(21)19(15)13(9)16(22)23/h2-5,12,15H,6-7,17H2,1H3,(H,18,20)(H,22,23)/t12?,15-/m0/s1. The van der Waals surface area contributed by atoms with Crippen molar-refractivity contribution in [3.8, 4) is 5.75 Å². The molecule has 2 atom stereocenters. The second kappa shape index (κ2) is 6.77. The quantitative estimate of drug-likeness (QED) is 0.655. The Morgan fingerprint density at radius 3 is 2.68 bits per heavy atom. The maximum Gasteiger partial charge on any atom is 0.352 e. The van der Waals surface area contributed by atoms with Gasteiger partial charge in [-0.3, -0.25) is 14.5 Å². The van der Waals surface area contributed by atoms with Crippen LogP contribution in [-0.4, -0.2) is 51.6 Å². The first-order chi connectivity index (χ1) is 11.9. The summed E-state index contributed by atoms with van der Waals surface area (Å²) in [5.74, 6) is -0.744. The highest BCUT2D eigenvalue weighted by atomic mass is 32.2. The Morgan fingerprint density at radius 2 is 2.08 bits per heavy atom. The lowest BCUT2D eigenvalue weighted by atomic mass is 10.0. The van der Waals surface area contributed by atoms with Crippen molar-refractivity contribution in [1.82, 2.24) is 4.90 Å². The molecule has 0 radical (unpaired) electrons. The first-order valence-electron chi connectivity index (χ1n) is 7.54. The zero-order valence-electron chi connectivity index (χ0n) is 13.4. The predicted octanol–water partition coefficient (Wildman–Crippen LogP) is 0.605. The molecule has 25 heavy (non-hydrogen) atoms. The number of carbonyl (C=O) groups is 3. The van der Waals surface area contributed by atoms with Crippen LogP contribution in [0.1, 0.15) is 6.92 Å². The van der Waals surface area contributed by atoms with Crippen LogP contribution in [0.25, 0.3) is 0 Å².